The van der Waals surface area contributed by atoms with Gasteiger partial charge in [0.1, 0.15) is 23.8 Å². The molecule has 1 N–H and O–H groups in total. The quantitative estimate of drug-likeness (QED) is 0.433. The Morgan fingerprint density at radius 3 is 2.71 bits per heavy atom. The van der Waals surface area contributed by atoms with Gasteiger partial charge in [-0.3, -0.25) is 24.3 Å². The maximum atomic E-state index is 12.4. The number of nitro groups is 1. The highest BCUT2D eigenvalue weighted by Crippen LogP contribution is 2.21. The molecule has 0 aliphatic carbocycles. The molecule has 0 aliphatic rings. The van der Waals surface area contributed by atoms with Crippen LogP contribution >= 0.6 is 15.9 Å². The standard InChI is InChI=1S/C16H19BrN8O3/c1-4-23-14(12(17)7-19-23)8-18-16(26)13-5-6-22(21-13)9-24-11(3)15(25(27)28)10(2)20-24/h5-7H,4,8-9H2,1-3H3,(H,18,26). The maximum absolute atomic E-state index is 12.4. The maximum Gasteiger partial charge on any atom is 0.312 e. The lowest BCUT2D eigenvalue weighted by atomic mass is 10.3. The summed E-state index contributed by atoms with van der Waals surface area (Å²) in [4.78, 5) is 23.0. The number of carbonyl (C=O) groups is 1. The molecule has 3 heterocycles. The van der Waals surface area contributed by atoms with E-state index in [1.165, 1.54) is 9.36 Å². The summed E-state index contributed by atoms with van der Waals surface area (Å²) in [5.74, 6) is -0.325. The van der Waals surface area contributed by atoms with E-state index >= 15 is 0 Å². The highest BCUT2D eigenvalue weighted by Gasteiger charge is 2.22. The van der Waals surface area contributed by atoms with Crippen LogP contribution in [0.2, 0.25) is 0 Å². The lowest BCUT2D eigenvalue weighted by molar-refractivity contribution is -0.386. The van der Waals surface area contributed by atoms with Crippen LogP contribution in [0.25, 0.3) is 0 Å². The fraction of sp³-hybridized carbons (Fsp3) is 0.375. The van der Waals surface area contributed by atoms with Gasteiger partial charge in [0.15, 0.2) is 0 Å². The fourth-order valence-corrected chi connectivity index (χ4v) is 3.32. The number of aryl methyl sites for hydroxylation is 2. The summed E-state index contributed by atoms with van der Waals surface area (Å²) in [6.45, 7) is 6.36. The zero-order valence-corrected chi connectivity index (χ0v) is 17.2. The third-order valence-corrected chi connectivity index (χ3v) is 4.95. The molecule has 12 heteroatoms. The summed E-state index contributed by atoms with van der Waals surface area (Å²) in [6.07, 6.45) is 3.32. The molecule has 0 unspecified atom stereocenters. The summed E-state index contributed by atoms with van der Waals surface area (Å²) in [6, 6.07) is 1.58. The van der Waals surface area contributed by atoms with Crippen molar-refractivity contribution < 1.29 is 9.72 Å². The molecule has 0 spiro atoms. The lowest BCUT2D eigenvalue weighted by Crippen LogP contribution is -2.25. The SMILES string of the molecule is CCn1ncc(Br)c1CNC(=O)c1ccn(Cn2nc(C)c([N+](=O)[O-])c2C)n1. The van der Waals surface area contributed by atoms with E-state index in [0.717, 1.165) is 10.2 Å². The molecule has 11 nitrogen and oxygen atoms in total. The molecule has 0 aliphatic heterocycles. The highest BCUT2D eigenvalue weighted by molar-refractivity contribution is 9.10. The molecule has 0 saturated carbocycles. The van der Waals surface area contributed by atoms with E-state index < -0.39 is 4.92 Å². The number of nitrogens with one attached hydrogen (secondary N) is 1. The minimum Gasteiger partial charge on any atom is -0.345 e. The summed E-state index contributed by atoms with van der Waals surface area (Å²) in [5.41, 5.74) is 1.87. The second-order valence-electron chi connectivity index (χ2n) is 6.10. The van der Waals surface area contributed by atoms with Gasteiger partial charge in [-0.2, -0.15) is 15.3 Å². The third-order valence-electron chi connectivity index (χ3n) is 4.29. The molecule has 0 saturated heterocycles. The molecular weight excluding hydrogens is 432 g/mol. The van der Waals surface area contributed by atoms with Crippen LogP contribution in [-0.2, 0) is 19.8 Å². The van der Waals surface area contributed by atoms with Crippen molar-refractivity contribution in [2.45, 2.75) is 40.5 Å². The average Bonchev–Trinajstić information content (AvgIpc) is 3.32. The van der Waals surface area contributed by atoms with E-state index in [1.54, 1.807) is 37.0 Å². The Kier molecular flexibility index (Phi) is 5.58. The fourth-order valence-electron chi connectivity index (χ4n) is 2.88. The summed E-state index contributed by atoms with van der Waals surface area (Å²) >= 11 is 3.42. The normalized spacial score (nSPS) is 11.0. The Morgan fingerprint density at radius 1 is 1.32 bits per heavy atom. The van der Waals surface area contributed by atoms with Crippen molar-refractivity contribution in [1.29, 1.82) is 0 Å². The molecule has 3 aromatic heterocycles. The molecule has 3 aromatic rings. The van der Waals surface area contributed by atoms with Crippen molar-refractivity contribution >= 4 is 27.5 Å². The van der Waals surface area contributed by atoms with E-state index in [4.69, 9.17) is 0 Å². The van der Waals surface area contributed by atoms with E-state index in [0.29, 0.717) is 24.5 Å². The summed E-state index contributed by atoms with van der Waals surface area (Å²) in [7, 11) is 0. The molecule has 148 valence electrons. The number of rotatable bonds is 7. The number of hydrogen-bond acceptors (Lipinski definition) is 6. The van der Waals surface area contributed by atoms with Crippen molar-refractivity contribution in [3.8, 4) is 0 Å². The zero-order valence-electron chi connectivity index (χ0n) is 15.6. The van der Waals surface area contributed by atoms with Crippen molar-refractivity contribution in [2.24, 2.45) is 0 Å². The third kappa shape index (κ3) is 3.81. The Balaban J connectivity index is 1.68. The van der Waals surface area contributed by atoms with Gasteiger partial charge in [-0.05, 0) is 42.8 Å². The monoisotopic (exact) mass is 450 g/mol. The Labute approximate surface area is 168 Å². The first kappa shape index (κ1) is 19.7. The second-order valence-corrected chi connectivity index (χ2v) is 6.95. The highest BCUT2D eigenvalue weighted by atomic mass is 79.9. The van der Waals surface area contributed by atoms with Gasteiger partial charge in [-0.15, -0.1) is 0 Å². The molecular formula is C16H19BrN8O3. The predicted molar refractivity (Wildman–Crippen MR) is 103 cm³/mol. The van der Waals surface area contributed by atoms with Crippen LogP contribution in [0.5, 0.6) is 0 Å². The number of hydrogen-bond donors (Lipinski definition) is 1. The van der Waals surface area contributed by atoms with Crippen LogP contribution in [0.15, 0.2) is 22.9 Å². The smallest absolute Gasteiger partial charge is 0.312 e. The Bertz CT molecular complexity index is 1040. The van der Waals surface area contributed by atoms with Gasteiger partial charge < -0.3 is 5.32 Å². The van der Waals surface area contributed by atoms with Gasteiger partial charge in [0.25, 0.3) is 5.91 Å². The van der Waals surface area contributed by atoms with Crippen LogP contribution < -0.4 is 5.32 Å². The van der Waals surface area contributed by atoms with Crippen molar-refractivity contribution in [1.82, 2.24) is 34.7 Å². The van der Waals surface area contributed by atoms with E-state index in [-0.39, 0.29) is 24.0 Å². The number of halogens is 1. The van der Waals surface area contributed by atoms with Gasteiger partial charge >= 0.3 is 5.69 Å². The average molecular weight is 451 g/mol. The molecule has 0 atom stereocenters. The number of aromatic nitrogens is 6. The summed E-state index contributed by atoms with van der Waals surface area (Å²) in [5, 5.41) is 26.5. The first-order valence-corrected chi connectivity index (χ1v) is 9.31. The van der Waals surface area contributed by atoms with Gasteiger partial charge in [0.2, 0.25) is 0 Å². The topological polar surface area (TPSA) is 126 Å². The molecule has 0 aromatic carbocycles. The molecule has 0 radical (unpaired) electrons. The van der Waals surface area contributed by atoms with E-state index in [1.807, 2.05) is 6.92 Å². The molecule has 0 fully saturated rings. The van der Waals surface area contributed by atoms with Crippen LogP contribution in [-0.4, -0.2) is 40.2 Å². The minimum atomic E-state index is -0.449. The van der Waals surface area contributed by atoms with Gasteiger partial charge in [0.05, 0.1) is 27.8 Å². The van der Waals surface area contributed by atoms with Crippen molar-refractivity contribution in [3.63, 3.8) is 0 Å². The predicted octanol–water partition coefficient (Wildman–Crippen LogP) is 2.02. The number of nitrogens with zero attached hydrogens (tertiary/aromatic N) is 7. The zero-order chi connectivity index (χ0) is 20.4. The molecule has 28 heavy (non-hydrogen) atoms. The van der Waals surface area contributed by atoms with E-state index in [9.17, 15) is 14.9 Å². The largest absolute Gasteiger partial charge is 0.345 e. The Hall–Kier alpha value is -3.02. The minimum absolute atomic E-state index is 0.0109. The molecule has 1 amide bonds. The van der Waals surface area contributed by atoms with Crippen LogP contribution in [0.3, 0.4) is 0 Å². The number of amides is 1. The number of carbonyl (C=O) groups excluding carboxylic acids is 1. The van der Waals surface area contributed by atoms with Gasteiger partial charge in [-0.1, -0.05) is 0 Å². The Morgan fingerprint density at radius 2 is 2.07 bits per heavy atom. The van der Waals surface area contributed by atoms with Gasteiger partial charge in [-0.25, -0.2) is 4.68 Å². The van der Waals surface area contributed by atoms with Crippen LogP contribution in [0, 0.1) is 24.0 Å². The van der Waals surface area contributed by atoms with Crippen LogP contribution in [0.4, 0.5) is 5.69 Å². The lowest BCUT2D eigenvalue weighted by Gasteiger charge is -2.07. The first-order valence-electron chi connectivity index (χ1n) is 8.52. The van der Waals surface area contributed by atoms with Crippen LogP contribution in [0.1, 0.15) is 34.5 Å². The summed E-state index contributed by atoms with van der Waals surface area (Å²) < 4.78 is 5.61. The first-order chi connectivity index (χ1) is 13.3. The molecule has 0 bridgehead atoms. The van der Waals surface area contributed by atoms with Gasteiger partial charge in [0, 0.05) is 12.7 Å². The van der Waals surface area contributed by atoms with Crippen molar-refractivity contribution in [2.75, 3.05) is 0 Å². The van der Waals surface area contributed by atoms with E-state index in [2.05, 4.69) is 36.5 Å². The second kappa shape index (κ2) is 7.92. The van der Waals surface area contributed by atoms with Crippen molar-refractivity contribution in [3.05, 3.63) is 55.8 Å². The molecule has 3 rings (SSSR count).